The van der Waals surface area contributed by atoms with Crippen molar-refractivity contribution in [2.75, 3.05) is 20.0 Å². The zero-order chi connectivity index (χ0) is 28.6. The van der Waals surface area contributed by atoms with Crippen LogP contribution < -0.4 is 15.4 Å². The molecule has 0 fully saturated rings. The Morgan fingerprint density at radius 1 is 1.03 bits per heavy atom. The van der Waals surface area contributed by atoms with Gasteiger partial charge in [-0.3, -0.25) is 10.6 Å². The Balaban J connectivity index is 3.53. The number of nitrogens with one attached hydrogen (secondary N) is 3. The molecule has 0 spiro atoms. The molecule has 0 aromatic rings. The highest BCUT2D eigenvalue weighted by atomic mass is 32.2. The molecule has 1 aliphatic rings. The molecule has 0 unspecified atom stereocenters. The van der Waals surface area contributed by atoms with E-state index in [1.54, 1.807) is 41.5 Å². The molecule has 0 radical (unpaired) electrons. The molecule has 0 aliphatic heterocycles. The van der Waals surface area contributed by atoms with Crippen LogP contribution in [0.5, 0.6) is 0 Å². The van der Waals surface area contributed by atoms with E-state index < -0.39 is 57.6 Å². The van der Waals surface area contributed by atoms with E-state index in [-0.39, 0.29) is 24.6 Å². The summed E-state index contributed by atoms with van der Waals surface area (Å²) in [6.07, 6.45) is 0.267. The van der Waals surface area contributed by atoms with Crippen molar-refractivity contribution in [3.8, 4) is 0 Å². The maximum Gasteiger partial charge on any atom is 0.414 e. The number of guanidine groups is 1. The molecule has 0 aromatic heterocycles. The lowest BCUT2D eigenvalue weighted by Crippen LogP contribution is -2.54. The first-order chi connectivity index (χ1) is 16.8. The number of carbonyl (C=O) groups is 3. The quantitative estimate of drug-likeness (QED) is 0.186. The summed E-state index contributed by atoms with van der Waals surface area (Å²) < 4.78 is 48.0. The molecular formula is C23H40N4O9S. The fourth-order valence-corrected chi connectivity index (χ4v) is 4.00. The van der Waals surface area contributed by atoms with Crippen LogP contribution >= 0.6 is 0 Å². The van der Waals surface area contributed by atoms with Gasteiger partial charge < -0.3 is 18.9 Å². The predicted molar refractivity (Wildman–Crippen MR) is 136 cm³/mol. The van der Waals surface area contributed by atoms with Gasteiger partial charge in [-0.1, -0.05) is 6.92 Å². The number of ether oxygens (including phenoxy) is 4. The highest BCUT2D eigenvalue weighted by Gasteiger charge is 2.38. The number of alkyl carbamates (subject to hydrolysis) is 2. The molecule has 0 heterocycles. The molecule has 0 bridgehead atoms. The smallest absolute Gasteiger partial charge is 0.414 e. The van der Waals surface area contributed by atoms with Crippen molar-refractivity contribution >= 4 is 34.1 Å². The Morgan fingerprint density at radius 3 is 1.95 bits per heavy atom. The number of amides is 2. The lowest BCUT2D eigenvalue weighted by Gasteiger charge is -2.35. The van der Waals surface area contributed by atoms with Crippen LogP contribution in [0.3, 0.4) is 0 Å². The number of aliphatic imine (C=N–C) groups is 1. The van der Waals surface area contributed by atoms with Crippen LogP contribution in [-0.2, 0) is 33.8 Å². The average Bonchev–Trinajstić information content (AvgIpc) is 2.69. The first kappa shape index (κ1) is 32.3. The van der Waals surface area contributed by atoms with E-state index in [4.69, 9.17) is 18.9 Å². The average molecular weight is 549 g/mol. The number of esters is 1. The van der Waals surface area contributed by atoms with Crippen molar-refractivity contribution in [3.63, 3.8) is 0 Å². The van der Waals surface area contributed by atoms with Crippen LogP contribution in [0.25, 0.3) is 0 Å². The van der Waals surface area contributed by atoms with E-state index in [1.165, 1.54) is 13.2 Å². The molecule has 3 N–H and O–H groups in total. The maximum atomic E-state index is 12.5. The topological polar surface area (TPSA) is 171 Å². The van der Waals surface area contributed by atoms with Crippen LogP contribution in [0.2, 0.25) is 0 Å². The third-order valence-electron chi connectivity index (χ3n) is 4.41. The van der Waals surface area contributed by atoms with Crippen LogP contribution in [0.15, 0.2) is 16.6 Å². The second-order valence-electron chi connectivity index (χ2n) is 10.4. The van der Waals surface area contributed by atoms with Crippen molar-refractivity contribution in [1.82, 2.24) is 15.4 Å². The third kappa shape index (κ3) is 12.9. The van der Waals surface area contributed by atoms with Gasteiger partial charge in [0.2, 0.25) is 16.0 Å². The molecule has 0 aromatic carbocycles. The van der Waals surface area contributed by atoms with Gasteiger partial charge in [-0.05, 0) is 54.0 Å². The first-order valence-corrected chi connectivity index (χ1v) is 13.7. The van der Waals surface area contributed by atoms with Gasteiger partial charge in [-0.2, -0.15) is 0 Å². The number of hydrogen-bond donors (Lipinski definition) is 3. The van der Waals surface area contributed by atoms with Gasteiger partial charge in [-0.15, -0.1) is 0 Å². The summed E-state index contributed by atoms with van der Waals surface area (Å²) in [6.45, 7) is 12.1. The molecule has 1 aliphatic carbocycles. The predicted octanol–water partition coefficient (Wildman–Crippen LogP) is 1.98. The van der Waals surface area contributed by atoms with E-state index in [2.05, 4.69) is 20.3 Å². The normalized spacial score (nSPS) is 20.2. The maximum absolute atomic E-state index is 12.5. The zero-order valence-electron chi connectivity index (χ0n) is 23.0. The van der Waals surface area contributed by atoms with Gasteiger partial charge in [0, 0.05) is 18.6 Å². The van der Waals surface area contributed by atoms with Crippen LogP contribution in [0.1, 0.15) is 61.3 Å². The Kier molecular flexibility index (Phi) is 11.5. The van der Waals surface area contributed by atoms with Crippen molar-refractivity contribution in [3.05, 3.63) is 11.6 Å². The van der Waals surface area contributed by atoms with E-state index in [0.717, 1.165) is 6.26 Å². The molecule has 2 amide bonds. The van der Waals surface area contributed by atoms with E-state index in [9.17, 15) is 22.8 Å². The number of nitrogens with zero attached hydrogens (tertiary/aromatic N) is 1. The Bertz CT molecular complexity index is 963. The minimum Gasteiger partial charge on any atom is -0.466 e. The third-order valence-corrected chi connectivity index (χ3v) is 5.11. The summed E-state index contributed by atoms with van der Waals surface area (Å²) in [7, 11) is -2.54. The van der Waals surface area contributed by atoms with Gasteiger partial charge >= 0.3 is 18.2 Å². The molecule has 14 heteroatoms. The van der Waals surface area contributed by atoms with Gasteiger partial charge in [0.15, 0.2) is 0 Å². The lowest BCUT2D eigenvalue weighted by atomic mass is 9.89. The van der Waals surface area contributed by atoms with E-state index >= 15 is 0 Å². The summed E-state index contributed by atoms with van der Waals surface area (Å²) in [5, 5.41) is 4.72. The molecule has 212 valence electrons. The number of rotatable bonds is 7. The number of hydrogen-bond acceptors (Lipinski definition) is 10. The van der Waals surface area contributed by atoms with Crippen molar-refractivity contribution in [1.29, 1.82) is 0 Å². The first-order valence-electron chi connectivity index (χ1n) is 11.8. The fourth-order valence-electron chi connectivity index (χ4n) is 3.21. The molecule has 0 saturated heterocycles. The van der Waals surface area contributed by atoms with Gasteiger partial charge in [-0.25, -0.2) is 32.5 Å². The molecular weight excluding hydrogens is 508 g/mol. The summed E-state index contributed by atoms with van der Waals surface area (Å²) in [6, 6.07) is -1.98. The second-order valence-corrected chi connectivity index (χ2v) is 12.2. The van der Waals surface area contributed by atoms with Crippen molar-refractivity contribution in [2.45, 2.75) is 90.7 Å². The molecule has 13 nitrogen and oxygen atoms in total. The van der Waals surface area contributed by atoms with Gasteiger partial charge in [0.05, 0.1) is 31.6 Å². The zero-order valence-corrected chi connectivity index (χ0v) is 23.8. The van der Waals surface area contributed by atoms with Gasteiger partial charge in [0.1, 0.15) is 11.2 Å². The number of carbonyl (C=O) groups excluding carboxylic acids is 3. The Morgan fingerprint density at radius 2 is 1.54 bits per heavy atom. The van der Waals surface area contributed by atoms with Crippen LogP contribution in [0.4, 0.5) is 9.59 Å². The summed E-state index contributed by atoms with van der Waals surface area (Å²) in [5.41, 5.74) is -1.52. The lowest BCUT2D eigenvalue weighted by molar-refractivity contribution is -0.136. The summed E-state index contributed by atoms with van der Waals surface area (Å²) in [5.74, 6) is -1.01. The second kappa shape index (κ2) is 13.2. The Hall–Kier alpha value is -2.71. The number of methoxy groups -OCH3 is 1. The minimum absolute atomic E-state index is 0.0820. The van der Waals surface area contributed by atoms with Crippen LogP contribution in [-0.4, -0.2) is 81.9 Å². The molecule has 37 heavy (non-hydrogen) atoms. The molecule has 1 rings (SSSR count). The SMILES string of the molecule is CCCO[C@@H]1C=C(C(=O)OC)C[C@H](N=C(NC(=O)OC(C)(C)C)NC(=O)OC(C)(C)C)[C@H]1NS(C)(=O)=O. The van der Waals surface area contributed by atoms with Gasteiger partial charge in [0.25, 0.3) is 0 Å². The highest BCUT2D eigenvalue weighted by molar-refractivity contribution is 7.88. The largest absolute Gasteiger partial charge is 0.466 e. The summed E-state index contributed by atoms with van der Waals surface area (Å²) >= 11 is 0. The Labute approximate surface area is 218 Å². The minimum atomic E-state index is -3.76. The molecule has 0 saturated carbocycles. The van der Waals surface area contributed by atoms with Crippen LogP contribution in [0, 0.1) is 0 Å². The summed E-state index contributed by atoms with van der Waals surface area (Å²) in [4.78, 5) is 41.7. The monoisotopic (exact) mass is 548 g/mol. The standard InChI is InChI=1S/C23H40N4O9S/c1-10-11-34-16-13-14(18(28)33-8)12-15(17(16)27-37(9,31)32)24-19(25-20(29)35-22(2,3)4)26-21(30)36-23(5,6)7/h13,15-17,27H,10-12H2,1-9H3,(H2,24,25,26,29,30)/t15-,16+,17+/m0/s1. The highest BCUT2D eigenvalue weighted by Crippen LogP contribution is 2.26. The fraction of sp³-hybridized carbons (Fsp3) is 0.739. The van der Waals surface area contributed by atoms with Crippen molar-refractivity contribution in [2.24, 2.45) is 4.99 Å². The van der Waals surface area contributed by atoms with E-state index in [0.29, 0.717) is 6.42 Å². The van der Waals surface area contributed by atoms with Crippen molar-refractivity contribution < 1.29 is 41.7 Å². The molecule has 3 atom stereocenters. The number of sulfonamides is 1. The van der Waals surface area contributed by atoms with E-state index in [1.807, 2.05) is 6.92 Å².